The molecule has 1 aliphatic heterocycles. The zero-order valence-corrected chi connectivity index (χ0v) is 16.2. The van der Waals surface area contributed by atoms with Gasteiger partial charge in [-0.15, -0.1) is 0 Å². The number of likely N-dealkylation sites (tertiary alicyclic amines) is 1. The van der Waals surface area contributed by atoms with E-state index in [0.717, 1.165) is 17.7 Å². The van der Waals surface area contributed by atoms with Gasteiger partial charge in [-0.25, -0.2) is 0 Å². The lowest BCUT2D eigenvalue weighted by Gasteiger charge is -2.18. The molecule has 2 amide bonds. The average molecular weight is 427 g/mol. The normalized spacial score (nSPS) is 16.8. The van der Waals surface area contributed by atoms with Gasteiger partial charge in [-0.1, -0.05) is 23.7 Å². The van der Waals surface area contributed by atoms with Gasteiger partial charge < -0.3 is 15.0 Å². The fourth-order valence-electron chi connectivity index (χ4n) is 3.15. The van der Waals surface area contributed by atoms with Gasteiger partial charge in [0.1, 0.15) is 5.75 Å². The number of halogens is 4. The second-order valence-corrected chi connectivity index (χ2v) is 7.14. The van der Waals surface area contributed by atoms with Crippen LogP contribution in [0.25, 0.3) is 0 Å². The van der Waals surface area contributed by atoms with E-state index < -0.39 is 23.6 Å². The van der Waals surface area contributed by atoms with Crippen LogP contribution in [-0.4, -0.2) is 30.4 Å². The Bertz CT molecular complexity index is 916. The summed E-state index contributed by atoms with van der Waals surface area (Å²) < 4.78 is 44.7. The predicted molar refractivity (Wildman–Crippen MR) is 102 cm³/mol. The molecule has 0 bridgehead atoms. The molecule has 1 fully saturated rings. The van der Waals surface area contributed by atoms with E-state index in [2.05, 4.69) is 5.32 Å². The lowest BCUT2D eigenvalue weighted by molar-refractivity contribution is -0.137. The number of nitrogens with one attached hydrogen (secondary N) is 1. The second-order valence-electron chi connectivity index (χ2n) is 6.70. The van der Waals surface area contributed by atoms with Crippen LogP contribution in [0.1, 0.15) is 17.5 Å². The number of anilines is 1. The Morgan fingerprint density at radius 2 is 1.93 bits per heavy atom. The smallest absolute Gasteiger partial charge is 0.418 e. The fraction of sp³-hybridized carbons (Fsp3) is 0.300. The van der Waals surface area contributed by atoms with Crippen molar-refractivity contribution in [2.75, 3.05) is 19.0 Å². The maximum Gasteiger partial charge on any atom is 0.418 e. The van der Waals surface area contributed by atoms with Gasteiger partial charge in [0.2, 0.25) is 11.8 Å². The quantitative estimate of drug-likeness (QED) is 0.773. The van der Waals surface area contributed by atoms with Crippen molar-refractivity contribution in [2.24, 2.45) is 5.92 Å². The van der Waals surface area contributed by atoms with Gasteiger partial charge in [0.05, 0.1) is 24.3 Å². The molecule has 1 saturated heterocycles. The molecule has 154 valence electrons. The molecule has 1 heterocycles. The summed E-state index contributed by atoms with van der Waals surface area (Å²) in [4.78, 5) is 26.3. The van der Waals surface area contributed by atoms with Crippen molar-refractivity contribution in [1.29, 1.82) is 0 Å². The highest BCUT2D eigenvalue weighted by molar-refractivity contribution is 6.30. The number of hydrogen-bond acceptors (Lipinski definition) is 3. The van der Waals surface area contributed by atoms with Gasteiger partial charge in [-0.05, 0) is 35.9 Å². The summed E-state index contributed by atoms with van der Waals surface area (Å²) in [7, 11) is 1.55. The maximum absolute atomic E-state index is 13.2. The zero-order chi connectivity index (χ0) is 21.2. The molecular weight excluding hydrogens is 409 g/mol. The molecule has 1 unspecified atom stereocenters. The molecule has 0 saturated carbocycles. The summed E-state index contributed by atoms with van der Waals surface area (Å²) in [6.07, 6.45) is -4.73. The number of amides is 2. The monoisotopic (exact) mass is 426 g/mol. The highest BCUT2D eigenvalue weighted by atomic mass is 35.5. The molecular formula is C20H18ClF3N2O3. The van der Waals surface area contributed by atoms with Gasteiger partial charge in [0.15, 0.2) is 0 Å². The summed E-state index contributed by atoms with van der Waals surface area (Å²) in [5.41, 5.74) is -0.553. The minimum atomic E-state index is -4.67. The predicted octanol–water partition coefficient (Wildman–Crippen LogP) is 4.35. The minimum absolute atomic E-state index is 0.0586. The molecule has 0 radical (unpaired) electrons. The number of nitrogens with zero attached hydrogens (tertiary/aromatic N) is 1. The molecule has 1 N–H and O–H groups in total. The van der Waals surface area contributed by atoms with Crippen molar-refractivity contribution in [3.63, 3.8) is 0 Å². The van der Waals surface area contributed by atoms with Gasteiger partial charge >= 0.3 is 6.18 Å². The number of rotatable bonds is 5. The standard InChI is InChI=1S/C20H18ClF3N2O3/c1-29-15-5-2-12(3-6-15)10-26-11-13(8-18(26)27)19(28)25-17-7-4-14(21)9-16(17)20(22,23)24/h2-7,9,13H,8,10-11H2,1H3,(H,25,28). The van der Waals surface area contributed by atoms with Gasteiger partial charge in [0, 0.05) is 24.5 Å². The van der Waals surface area contributed by atoms with Crippen molar-refractivity contribution in [2.45, 2.75) is 19.1 Å². The zero-order valence-electron chi connectivity index (χ0n) is 15.4. The van der Waals surface area contributed by atoms with E-state index in [1.165, 1.54) is 11.0 Å². The van der Waals surface area contributed by atoms with Crippen molar-refractivity contribution in [3.05, 3.63) is 58.6 Å². The van der Waals surface area contributed by atoms with Crippen LogP contribution in [0.3, 0.4) is 0 Å². The fourth-order valence-corrected chi connectivity index (χ4v) is 3.32. The first-order valence-corrected chi connectivity index (χ1v) is 9.13. The molecule has 3 rings (SSSR count). The summed E-state index contributed by atoms with van der Waals surface area (Å²) in [5, 5.41) is 2.21. The van der Waals surface area contributed by atoms with Crippen LogP contribution in [0.2, 0.25) is 5.02 Å². The van der Waals surface area contributed by atoms with E-state index in [1.54, 1.807) is 19.2 Å². The first-order chi connectivity index (χ1) is 13.7. The number of methoxy groups -OCH3 is 1. The average Bonchev–Trinajstić information content (AvgIpc) is 3.03. The van der Waals surface area contributed by atoms with E-state index in [-0.39, 0.29) is 29.6 Å². The van der Waals surface area contributed by atoms with Gasteiger partial charge in [-0.2, -0.15) is 13.2 Å². The lowest BCUT2D eigenvalue weighted by atomic mass is 10.1. The third-order valence-corrected chi connectivity index (χ3v) is 4.90. The molecule has 9 heteroatoms. The number of carbonyl (C=O) groups is 2. The van der Waals surface area contributed by atoms with Crippen molar-refractivity contribution < 1.29 is 27.5 Å². The van der Waals surface area contributed by atoms with Crippen LogP contribution in [0, 0.1) is 5.92 Å². The molecule has 29 heavy (non-hydrogen) atoms. The highest BCUT2D eigenvalue weighted by Crippen LogP contribution is 2.37. The Hall–Kier alpha value is -2.74. The third kappa shape index (κ3) is 5.00. The maximum atomic E-state index is 13.2. The van der Waals surface area contributed by atoms with E-state index in [0.29, 0.717) is 12.3 Å². The lowest BCUT2D eigenvalue weighted by Crippen LogP contribution is -2.28. The van der Waals surface area contributed by atoms with Crippen LogP contribution in [0.4, 0.5) is 18.9 Å². The molecule has 0 aromatic heterocycles. The van der Waals surface area contributed by atoms with Crippen LogP contribution >= 0.6 is 11.6 Å². The van der Waals surface area contributed by atoms with Crippen LogP contribution in [-0.2, 0) is 22.3 Å². The largest absolute Gasteiger partial charge is 0.497 e. The molecule has 1 aliphatic rings. The Balaban J connectivity index is 1.68. The first-order valence-electron chi connectivity index (χ1n) is 8.75. The summed E-state index contributed by atoms with van der Waals surface area (Å²) in [6, 6.07) is 10.3. The van der Waals surface area contributed by atoms with Crippen molar-refractivity contribution in [1.82, 2.24) is 4.90 Å². The molecule has 1 atom stereocenters. The van der Waals surface area contributed by atoms with Crippen LogP contribution < -0.4 is 10.1 Å². The van der Waals surface area contributed by atoms with Crippen molar-refractivity contribution >= 4 is 29.1 Å². The van der Waals surface area contributed by atoms with E-state index in [9.17, 15) is 22.8 Å². The van der Waals surface area contributed by atoms with Gasteiger partial charge in [-0.3, -0.25) is 9.59 Å². The Morgan fingerprint density at radius 3 is 2.55 bits per heavy atom. The minimum Gasteiger partial charge on any atom is -0.497 e. The molecule has 0 aliphatic carbocycles. The van der Waals surface area contributed by atoms with Crippen LogP contribution in [0.15, 0.2) is 42.5 Å². The molecule has 2 aromatic carbocycles. The second kappa shape index (κ2) is 8.32. The van der Waals surface area contributed by atoms with E-state index in [4.69, 9.17) is 16.3 Å². The van der Waals surface area contributed by atoms with Crippen LogP contribution in [0.5, 0.6) is 5.75 Å². The molecule has 0 spiro atoms. The Morgan fingerprint density at radius 1 is 1.24 bits per heavy atom. The molecule has 2 aromatic rings. The summed E-state index contributed by atoms with van der Waals surface area (Å²) >= 11 is 5.65. The van der Waals surface area contributed by atoms with Crippen molar-refractivity contribution in [3.8, 4) is 5.75 Å². The Labute approximate surface area is 170 Å². The third-order valence-electron chi connectivity index (χ3n) is 4.66. The highest BCUT2D eigenvalue weighted by Gasteiger charge is 2.37. The first kappa shape index (κ1) is 21.0. The summed E-state index contributed by atoms with van der Waals surface area (Å²) in [6.45, 7) is 0.437. The number of benzene rings is 2. The number of alkyl halides is 3. The topological polar surface area (TPSA) is 58.6 Å². The number of hydrogen-bond donors (Lipinski definition) is 1. The molecule has 5 nitrogen and oxygen atoms in total. The SMILES string of the molecule is COc1ccc(CN2CC(C(=O)Nc3ccc(Cl)cc3C(F)(F)F)CC2=O)cc1. The van der Waals surface area contributed by atoms with Gasteiger partial charge in [0.25, 0.3) is 0 Å². The van der Waals surface area contributed by atoms with E-state index >= 15 is 0 Å². The Kier molecular flexibility index (Phi) is 6.02. The number of carbonyl (C=O) groups excluding carboxylic acids is 2. The summed E-state index contributed by atoms with van der Waals surface area (Å²) in [5.74, 6) is -0.920. The van der Waals surface area contributed by atoms with E-state index in [1.807, 2.05) is 12.1 Å². The number of ether oxygens (including phenoxy) is 1.